The largest absolute Gasteiger partial charge is 0.357 e. The number of guanidine groups is 1. The van der Waals surface area contributed by atoms with Crippen molar-refractivity contribution in [3.05, 3.63) is 59.0 Å². The second kappa shape index (κ2) is 12.4. The van der Waals surface area contributed by atoms with Crippen molar-refractivity contribution in [2.45, 2.75) is 40.2 Å². The number of amides is 1. The summed E-state index contributed by atoms with van der Waals surface area (Å²) in [5.41, 5.74) is 2.29. The molecule has 1 amide bonds. The number of benzene rings is 1. The van der Waals surface area contributed by atoms with Crippen molar-refractivity contribution in [3.63, 3.8) is 0 Å². The number of carbonyl (C=O) groups is 1. The third-order valence-corrected chi connectivity index (χ3v) is 4.16. The predicted molar refractivity (Wildman–Crippen MR) is 126 cm³/mol. The summed E-state index contributed by atoms with van der Waals surface area (Å²) in [4.78, 5) is 20.8. The number of hydrogen-bond donors (Lipinski definition) is 3. The lowest BCUT2D eigenvalue weighted by Crippen LogP contribution is -2.39. The second-order valence-electron chi connectivity index (χ2n) is 6.60. The molecule has 158 valence electrons. The highest BCUT2D eigenvalue weighted by molar-refractivity contribution is 14.0. The third kappa shape index (κ3) is 8.35. The van der Waals surface area contributed by atoms with Crippen molar-refractivity contribution in [3.8, 4) is 0 Å². The van der Waals surface area contributed by atoms with E-state index < -0.39 is 0 Å². The van der Waals surface area contributed by atoms with Crippen LogP contribution >= 0.6 is 24.0 Å². The van der Waals surface area contributed by atoms with E-state index in [1.54, 1.807) is 19.1 Å². The number of nitrogens with one attached hydrogen (secondary N) is 3. The number of aryl methyl sites for hydroxylation is 2. The van der Waals surface area contributed by atoms with Crippen molar-refractivity contribution in [2.24, 2.45) is 4.99 Å². The van der Waals surface area contributed by atoms with Gasteiger partial charge < -0.3 is 16.0 Å². The topological polar surface area (TPSA) is 78.4 Å². The molecule has 0 saturated heterocycles. The fourth-order valence-electron chi connectivity index (χ4n) is 2.57. The first-order chi connectivity index (χ1) is 13.4. The minimum Gasteiger partial charge on any atom is -0.357 e. The summed E-state index contributed by atoms with van der Waals surface area (Å²) in [6.07, 6.45) is 0.236. The van der Waals surface area contributed by atoms with E-state index in [-0.39, 0.29) is 48.2 Å². The minimum absolute atomic E-state index is 0. The molecule has 1 unspecified atom stereocenters. The number of aromatic nitrogens is 1. The number of pyridine rings is 1. The Morgan fingerprint density at radius 1 is 1.24 bits per heavy atom. The number of rotatable bonds is 7. The lowest BCUT2D eigenvalue weighted by molar-refractivity contribution is -0.116. The van der Waals surface area contributed by atoms with Gasteiger partial charge in [-0.2, -0.15) is 0 Å². The quantitative estimate of drug-likeness (QED) is 0.296. The summed E-state index contributed by atoms with van der Waals surface area (Å²) >= 11 is 0. The highest BCUT2D eigenvalue weighted by Gasteiger charge is 2.10. The van der Waals surface area contributed by atoms with Crippen molar-refractivity contribution in [1.29, 1.82) is 0 Å². The highest BCUT2D eigenvalue weighted by atomic mass is 127. The highest BCUT2D eigenvalue weighted by Crippen LogP contribution is 2.16. The smallest absolute Gasteiger partial charge is 0.227 e. The molecule has 1 aromatic heterocycles. The fraction of sp³-hybridized carbons (Fsp3) is 0.381. The molecule has 0 saturated carbocycles. The average molecular weight is 513 g/mol. The molecule has 0 radical (unpaired) electrons. The molecular formula is C21H29FIN5O. The van der Waals surface area contributed by atoms with E-state index in [9.17, 15) is 9.18 Å². The Labute approximate surface area is 188 Å². The maximum Gasteiger partial charge on any atom is 0.227 e. The van der Waals surface area contributed by atoms with E-state index in [2.05, 4.69) is 25.9 Å². The maximum absolute atomic E-state index is 13.8. The van der Waals surface area contributed by atoms with Crippen LogP contribution in [0.15, 0.2) is 41.4 Å². The van der Waals surface area contributed by atoms with Crippen LogP contribution in [0, 0.1) is 19.7 Å². The van der Waals surface area contributed by atoms with Crippen LogP contribution in [0.25, 0.3) is 0 Å². The summed E-state index contributed by atoms with van der Waals surface area (Å²) < 4.78 is 13.8. The molecule has 0 aliphatic heterocycles. The van der Waals surface area contributed by atoms with Gasteiger partial charge in [-0.1, -0.05) is 18.2 Å². The maximum atomic E-state index is 13.8. The van der Waals surface area contributed by atoms with E-state index in [1.165, 1.54) is 6.07 Å². The van der Waals surface area contributed by atoms with Crippen LogP contribution in [-0.2, 0) is 4.79 Å². The Balaban J connectivity index is 0.00000420. The van der Waals surface area contributed by atoms with Gasteiger partial charge in [0.1, 0.15) is 11.6 Å². The molecule has 1 atom stereocenters. The van der Waals surface area contributed by atoms with Crippen LogP contribution in [0.3, 0.4) is 0 Å². The number of halogens is 2. The summed E-state index contributed by atoms with van der Waals surface area (Å²) in [7, 11) is 0. The Bertz CT molecular complexity index is 844. The van der Waals surface area contributed by atoms with Crippen molar-refractivity contribution in [2.75, 3.05) is 18.4 Å². The zero-order valence-corrected chi connectivity index (χ0v) is 19.6. The number of carbonyl (C=O) groups excluding carboxylic acids is 1. The van der Waals surface area contributed by atoms with Crippen molar-refractivity contribution in [1.82, 2.24) is 15.6 Å². The zero-order chi connectivity index (χ0) is 20.5. The summed E-state index contributed by atoms with van der Waals surface area (Å²) in [6, 6.07) is 10.5. The number of anilines is 1. The minimum atomic E-state index is -0.227. The molecule has 1 aromatic carbocycles. The van der Waals surface area contributed by atoms with Crippen molar-refractivity contribution < 1.29 is 9.18 Å². The first kappa shape index (κ1) is 24.8. The van der Waals surface area contributed by atoms with Crippen molar-refractivity contribution >= 4 is 41.7 Å². The molecule has 8 heteroatoms. The molecule has 6 nitrogen and oxygen atoms in total. The van der Waals surface area contributed by atoms with Crippen LogP contribution in [0.1, 0.15) is 43.1 Å². The monoisotopic (exact) mass is 513 g/mol. The molecule has 1 heterocycles. The summed E-state index contributed by atoms with van der Waals surface area (Å²) in [5.74, 6) is 0.743. The molecule has 0 aliphatic rings. The fourth-order valence-corrected chi connectivity index (χ4v) is 2.57. The van der Waals surface area contributed by atoms with Gasteiger partial charge in [0.25, 0.3) is 0 Å². The number of nitrogens with zero attached hydrogens (tertiary/aromatic N) is 2. The average Bonchev–Trinajstić information content (AvgIpc) is 2.64. The first-order valence-electron chi connectivity index (χ1n) is 9.43. The Morgan fingerprint density at radius 3 is 2.66 bits per heavy atom. The standard InChI is InChI=1S/C21H28FN5O.HI/c1-5-23-21(26-16(4)17-10-9-14(2)18(22)13-17)24-12-11-20(28)27-19-8-6-7-15(3)25-19;/h6-10,13,16H,5,11-12H2,1-4H3,(H2,23,24,26)(H,25,27,28);1H. The Morgan fingerprint density at radius 2 is 2.00 bits per heavy atom. The molecule has 0 spiro atoms. The molecular weight excluding hydrogens is 484 g/mol. The third-order valence-electron chi connectivity index (χ3n) is 4.16. The van der Waals surface area contributed by atoms with Gasteiger partial charge in [-0.05, 0) is 57.0 Å². The SMILES string of the molecule is CCNC(=NCCC(=O)Nc1cccc(C)n1)NC(C)c1ccc(C)c(F)c1.I. The van der Waals surface area contributed by atoms with Crippen LogP contribution in [-0.4, -0.2) is 29.9 Å². The van der Waals surface area contributed by atoms with Crippen LogP contribution in [0.5, 0.6) is 0 Å². The number of aliphatic imine (C=N–C) groups is 1. The van der Waals surface area contributed by atoms with E-state index >= 15 is 0 Å². The van der Waals surface area contributed by atoms with Crippen LogP contribution in [0.2, 0.25) is 0 Å². The number of hydrogen-bond acceptors (Lipinski definition) is 3. The lowest BCUT2D eigenvalue weighted by Gasteiger charge is -2.18. The van der Waals surface area contributed by atoms with Gasteiger partial charge in [-0.15, -0.1) is 24.0 Å². The van der Waals surface area contributed by atoms with Gasteiger partial charge in [-0.25, -0.2) is 9.37 Å². The molecule has 0 bridgehead atoms. The van der Waals surface area contributed by atoms with E-state index in [0.717, 1.165) is 11.3 Å². The normalized spacial score (nSPS) is 12.0. The Kier molecular flexibility index (Phi) is 10.6. The van der Waals surface area contributed by atoms with E-state index in [0.29, 0.717) is 30.4 Å². The molecule has 3 N–H and O–H groups in total. The second-order valence-corrected chi connectivity index (χ2v) is 6.60. The van der Waals surface area contributed by atoms with Crippen LogP contribution < -0.4 is 16.0 Å². The van der Waals surface area contributed by atoms with Crippen LogP contribution in [0.4, 0.5) is 10.2 Å². The van der Waals surface area contributed by atoms with Gasteiger partial charge in [-0.3, -0.25) is 9.79 Å². The van der Waals surface area contributed by atoms with Gasteiger partial charge in [0, 0.05) is 18.7 Å². The molecule has 29 heavy (non-hydrogen) atoms. The molecule has 2 aromatic rings. The van der Waals surface area contributed by atoms with Gasteiger partial charge in [0.2, 0.25) is 5.91 Å². The van der Waals surface area contributed by atoms with Gasteiger partial charge >= 0.3 is 0 Å². The molecule has 0 fully saturated rings. The van der Waals surface area contributed by atoms with E-state index in [1.807, 2.05) is 39.0 Å². The van der Waals surface area contributed by atoms with Gasteiger partial charge in [0.05, 0.1) is 12.6 Å². The summed E-state index contributed by atoms with van der Waals surface area (Å²) in [5, 5.41) is 9.15. The summed E-state index contributed by atoms with van der Waals surface area (Å²) in [6.45, 7) is 8.51. The Hall–Kier alpha value is -2.23. The molecule has 2 rings (SSSR count). The van der Waals surface area contributed by atoms with E-state index in [4.69, 9.17) is 0 Å². The van der Waals surface area contributed by atoms with Gasteiger partial charge in [0.15, 0.2) is 5.96 Å². The predicted octanol–water partition coefficient (Wildman–Crippen LogP) is 4.10. The lowest BCUT2D eigenvalue weighted by atomic mass is 10.1. The zero-order valence-electron chi connectivity index (χ0n) is 17.3. The molecule has 0 aliphatic carbocycles. The first-order valence-corrected chi connectivity index (χ1v) is 9.43.